The number of aliphatic hydroxyl groups is 1. The van der Waals surface area contributed by atoms with Gasteiger partial charge in [0.2, 0.25) is 0 Å². The standard InChI is InChI=1S/C20H28O3/c1-6-19(4)11-8-13-16(17(19)23-5)14(21)12-15-18(2,3)9-7-10-20(13,15)22/h6,12,17,22H,1,7-11H2,2-5H3/t17-,19+,20+/m1/s1. The number of carbonyl (C=O) groups is 1. The number of ketones is 1. The Morgan fingerprint density at radius 1 is 1.30 bits per heavy atom. The molecule has 0 aromatic rings. The number of hydrogen-bond donors (Lipinski definition) is 1. The van der Waals surface area contributed by atoms with Gasteiger partial charge in [0.15, 0.2) is 5.78 Å². The second kappa shape index (κ2) is 5.15. The Balaban J connectivity index is 2.17. The lowest BCUT2D eigenvalue weighted by Gasteiger charge is -2.52. The third kappa shape index (κ3) is 2.20. The van der Waals surface area contributed by atoms with Gasteiger partial charge in [0.05, 0.1) is 6.10 Å². The van der Waals surface area contributed by atoms with Gasteiger partial charge in [-0.05, 0) is 54.7 Å². The van der Waals surface area contributed by atoms with E-state index in [2.05, 4.69) is 27.4 Å². The van der Waals surface area contributed by atoms with Crippen molar-refractivity contribution in [3.05, 3.63) is 35.5 Å². The highest BCUT2D eigenvalue weighted by atomic mass is 16.5. The van der Waals surface area contributed by atoms with Crippen LogP contribution in [0.25, 0.3) is 0 Å². The molecule has 3 aliphatic rings. The SMILES string of the molecule is C=C[C@@]1(C)CCC2=C(C(=O)C=C3C(C)(C)CCC[C@@]32O)[C@H]1OC. The largest absolute Gasteiger partial charge is 0.381 e. The number of fused-ring (bicyclic) bond motifs is 2. The van der Waals surface area contributed by atoms with E-state index in [4.69, 9.17) is 4.74 Å². The minimum absolute atomic E-state index is 0.00859. The Hall–Kier alpha value is -1.19. The smallest absolute Gasteiger partial charge is 0.184 e. The molecule has 3 atom stereocenters. The highest BCUT2D eigenvalue weighted by molar-refractivity contribution is 6.08. The summed E-state index contributed by atoms with van der Waals surface area (Å²) in [5.74, 6) is 0.00859. The van der Waals surface area contributed by atoms with Crippen molar-refractivity contribution in [2.75, 3.05) is 7.11 Å². The van der Waals surface area contributed by atoms with E-state index in [1.54, 1.807) is 13.2 Å². The van der Waals surface area contributed by atoms with Gasteiger partial charge in [-0.3, -0.25) is 4.79 Å². The molecule has 23 heavy (non-hydrogen) atoms. The predicted molar refractivity (Wildman–Crippen MR) is 91.0 cm³/mol. The van der Waals surface area contributed by atoms with Gasteiger partial charge in [-0.1, -0.05) is 26.8 Å². The molecule has 1 N–H and O–H groups in total. The summed E-state index contributed by atoms with van der Waals surface area (Å²) in [6.07, 6.45) is 7.52. The summed E-state index contributed by atoms with van der Waals surface area (Å²) in [6.45, 7) is 10.3. The van der Waals surface area contributed by atoms with Crippen LogP contribution in [0.3, 0.4) is 0 Å². The van der Waals surface area contributed by atoms with E-state index in [-0.39, 0.29) is 22.7 Å². The fourth-order valence-electron chi connectivity index (χ4n) is 4.90. The first-order valence-corrected chi connectivity index (χ1v) is 8.59. The van der Waals surface area contributed by atoms with Crippen molar-refractivity contribution in [2.45, 2.75) is 64.6 Å². The minimum Gasteiger partial charge on any atom is -0.381 e. The van der Waals surface area contributed by atoms with Crippen molar-refractivity contribution in [3.8, 4) is 0 Å². The zero-order valence-electron chi connectivity index (χ0n) is 14.7. The highest BCUT2D eigenvalue weighted by Gasteiger charge is 2.54. The third-order valence-electron chi connectivity index (χ3n) is 6.36. The molecule has 0 aliphatic heterocycles. The van der Waals surface area contributed by atoms with Crippen LogP contribution in [0.2, 0.25) is 0 Å². The van der Waals surface area contributed by atoms with Crippen molar-refractivity contribution < 1.29 is 14.6 Å². The number of methoxy groups -OCH3 is 1. The summed E-state index contributed by atoms with van der Waals surface area (Å²) in [4.78, 5) is 12.9. The molecule has 3 aliphatic carbocycles. The van der Waals surface area contributed by atoms with E-state index < -0.39 is 5.60 Å². The van der Waals surface area contributed by atoms with Gasteiger partial charge in [0.1, 0.15) is 5.60 Å². The van der Waals surface area contributed by atoms with Crippen molar-refractivity contribution in [1.82, 2.24) is 0 Å². The summed E-state index contributed by atoms with van der Waals surface area (Å²) in [6, 6.07) is 0. The molecule has 0 spiro atoms. The third-order valence-corrected chi connectivity index (χ3v) is 6.36. The Morgan fingerprint density at radius 3 is 2.61 bits per heavy atom. The summed E-state index contributed by atoms with van der Waals surface area (Å²) in [5.41, 5.74) is 1.10. The van der Waals surface area contributed by atoms with E-state index in [0.717, 1.165) is 36.8 Å². The molecule has 0 saturated heterocycles. The number of carbonyl (C=O) groups excluding carboxylic acids is 1. The fraction of sp³-hybridized carbons (Fsp3) is 0.650. The van der Waals surface area contributed by atoms with Gasteiger partial charge in [0, 0.05) is 18.1 Å². The Morgan fingerprint density at radius 2 is 2.00 bits per heavy atom. The molecule has 1 saturated carbocycles. The van der Waals surface area contributed by atoms with Gasteiger partial charge in [-0.25, -0.2) is 0 Å². The van der Waals surface area contributed by atoms with E-state index in [1.165, 1.54) is 0 Å². The van der Waals surface area contributed by atoms with Gasteiger partial charge >= 0.3 is 0 Å². The molecular formula is C20H28O3. The maximum Gasteiger partial charge on any atom is 0.184 e. The average molecular weight is 316 g/mol. The first kappa shape index (κ1) is 16.7. The van der Waals surface area contributed by atoms with Gasteiger partial charge in [-0.2, -0.15) is 0 Å². The van der Waals surface area contributed by atoms with Crippen LogP contribution in [0.4, 0.5) is 0 Å². The van der Waals surface area contributed by atoms with Crippen molar-refractivity contribution in [1.29, 1.82) is 0 Å². The van der Waals surface area contributed by atoms with Crippen LogP contribution in [0.15, 0.2) is 35.5 Å². The Labute approximate surface area is 139 Å². The zero-order chi connectivity index (χ0) is 17.0. The molecule has 0 aromatic heterocycles. The van der Waals surface area contributed by atoms with E-state index >= 15 is 0 Å². The molecule has 0 unspecified atom stereocenters. The van der Waals surface area contributed by atoms with Crippen LogP contribution >= 0.6 is 0 Å². The number of ether oxygens (including phenoxy) is 1. The molecule has 1 fully saturated rings. The molecule has 3 rings (SSSR count). The van der Waals surface area contributed by atoms with Crippen LogP contribution in [0, 0.1) is 10.8 Å². The maximum atomic E-state index is 12.9. The number of allylic oxidation sites excluding steroid dienone is 1. The van der Waals surface area contributed by atoms with Crippen LogP contribution in [-0.2, 0) is 9.53 Å². The fourth-order valence-corrected chi connectivity index (χ4v) is 4.90. The molecule has 0 heterocycles. The first-order chi connectivity index (χ1) is 10.7. The van der Waals surface area contributed by atoms with Gasteiger partial charge < -0.3 is 9.84 Å². The lowest BCUT2D eigenvalue weighted by atomic mass is 9.56. The van der Waals surface area contributed by atoms with E-state index in [1.807, 2.05) is 6.08 Å². The van der Waals surface area contributed by atoms with E-state index in [0.29, 0.717) is 12.0 Å². The Kier molecular flexibility index (Phi) is 3.73. The molecule has 126 valence electrons. The molecule has 0 amide bonds. The zero-order valence-corrected chi connectivity index (χ0v) is 14.7. The predicted octanol–water partition coefficient (Wildman–Crippen LogP) is 3.73. The van der Waals surface area contributed by atoms with Gasteiger partial charge in [0.25, 0.3) is 0 Å². The van der Waals surface area contributed by atoms with Crippen molar-refractivity contribution in [2.24, 2.45) is 10.8 Å². The second-order valence-corrected chi connectivity index (χ2v) is 8.24. The quantitative estimate of drug-likeness (QED) is 0.790. The molecular weight excluding hydrogens is 288 g/mol. The summed E-state index contributed by atoms with van der Waals surface area (Å²) in [7, 11) is 1.64. The molecule has 0 bridgehead atoms. The monoisotopic (exact) mass is 316 g/mol. The summed E-state index contributed by atoms with van der Waals surface area (Å²) >= 11 is 0. The molecule has 3 nitrogen and oxygen atoms in total. The van der Waals surface area contributed by atoms with Crippen LogP contribution < -0.4 is 0 Å². The van der Waals surface area contributed by atoms with E-state index in [9.17, 15) is 9.90 Å². The average Bonchev–Trinajstić information content (AvgIpc) is 2.49. The molecule has 0 radical (unpaired) electrons. The lowest BCUT2D eigenvalue weighted by molar-refractivity contribution is -0.115. The van der Waals surface area contributed by atoms with Crippen LogP contribution in [0.5, 0.6) is 0 Å². The summed E-state index contributed by atoms with van der Waals surface area (Å²) in [5, 5.41) is 11.5. The lowest BCUT2D eigenvalue weighted by Crippen LogP contribution is -2.51. The molecule has 3 heteroatoms. The number of hydrogen-bond acceptors (Lipinski definition) is 3. The van der Waals surface area contributed by atoms with Crippen LogP contribution in [0.1, 0.15) is 52.9 Å². The molecule has 0 aromatic carbocycles. The normalized spacial score (nSPS) is 39.4. The first-order valence-electron chi connectivity index (χ1n) is 8.59. The van der Waals surface area contributed by atoms with Gasteiger partial charge in [-0.15, -0.1) is 6.58 Å². The van der Waals surface area contributed by atoms with Crippen molar-refractivity contribution >= 4 is 5.78 Å². The Bertz CT molecular complexity index is 625. The minimum atomic E-state index is -0.968. The summed E-state index contributed by atoms with van der Waals surface area (Å²) < 4.78 is 5.72. The highest BCUT2D eigenvalue weighted by Crippen LogP contribution is 2.56. The van der Waals surface area contributed by atoms with Crippen LogP contribution in [-0.4, -0.2) is 29.7 Å². The topological polar surface area (TPSA) is 46.5 Å². The van der Waals surface area contributed by atoms with Crippen molar-refractivity contribution in [3.63, 3.8) is 0 Å². The maximum absolute atomic E-state index is 12.9. The number of rotatable bonds is 2. The second-order valence-electron chi connectivity index (χ2n) is 8.24.